The summed E-state index contributed by atoms with van der Waals surface area (Å²) in [6.45, 7) is 5.90. The van der Waals surface area contributed by atoms with E-state index in [2.05, 4.69) is 10.3 Å². The van der Waals surface area contributed by atoms with Gasteiger partial charge in [0.05, 0.1) is 11.4 Å². The summed E-state index contributed by atoms with van der Waals surface area (Å²) in [5.74, 6) is -2.12. The Morgan fingerprint density at radius 2 is 1.73 bits per heavy atom. The third kappa shape index (κ3) is 4.48. The molecule has 0 saturated carbocycles. The molecule has 2 aromatic carbocycles. The lowest BCUT2D eigenvalue weighted by molar-refractivity contribution is 0.184. The van der Waals surface area contributed by atoms with Crippen LogP contribution in [0.25, 0.3) is 10.8 Å². The van der Waals surface area contributed by atoms with Crippen molar-refractivity contribution in [1.29, 1.82) is 0 Å². The molecule has 2 N–H and O–H groups in total. The third-order valence-electron chi connectivity index (χ3n) is 4.79. The van der Waals surface area contributed by atoms with Crippen molar-refractivity contribution < 1.29 is 18.0 Å². The van der Waals surface area contributed by atoms with Gasteiger partial charge in [-0.3, -0.25) is 4.79 Å². The van der Waals surface area contributed by atoms with Crippen LogP contribution in [-0.2, 0) is 0 Å². The number of benzene rings is 2. The van der Waals surface area contributed by atoms with E-state index in [1.165, 1.54) is 35.4 Å². The summed E-state index contributed by atoms with van der Waals surface area (Å²) in [5.41, 5.74) is 0.133. The molecular weight excluding hydrogens is 395 g/mol. The maximum absolute atomic E-state index is 14.3. The summed E-state index contributed by atoms with van der Waals surface area (Å²) in [5, 5.41) is 2.55. The van der Waals surface area contributed by atoms with E-state index in [9.17, 15) is 22.8 Å². The highest BCUT2D eigenvalue weighted by molar-refractivity contribution is 5.91. The Kier molecular flexibility index (Phi) is 6.14. The number of nitrogens with zero attached hydrogens (tertiary/aromatic N) is 1. The van der Waals surface area contributed by atoms with Crippen LogP contribution in [0.15, 0.2) is 47.4 Å². The van der Waals surface area contributed by atoms with Crippen molar-refractivity contribution in [2.75, 3.05) is 11.9 Å². The lowest BCUT2D eigenvalue weighted by Gasteiger charge is -2.31. The predicted molar refractivity (Wildman–Crippen MR) is 110 cm³/mol. The van der Waals surface area contributed by atoms with Gasteiger partial charge in [-0.1, -0.05) is 13.8 Å². The van der Waals surface area contributed by atoms with Crippen LogP contribution in [0.5, 0.6) is 0 Å². The number of aromatic nitrogens is 1. The number of pyridine rings is 1. The second-order valence-corrected chi connectivity index (χ2v) is 7.54. The van der Waals surface area contributed by atoms with Gasteiger partial charge in [-0.2, -0.15) is 0 Å². The summed E-state index contributed by atoms with van der Waals surface area (Å²) in [6.07, 6.45) is 1.37. The number of carbonyl (C=O) groups excluding carboxylic acids is 1. The maximum Gasteiger partial charge on any atom is 0.322 e. The van der Waals surface area contributed by atoms with Gasteiger partial charge >= 0.3 is 6.03 Å². The zero-order valence-electron chi connectivity index (χ0n) is 16.8. The molecule has 1 heterocycles. The first-order valence-corrected chi connectivity index (χ1v) is 9.51. The molecule has 0 spiro atoms. The van der Waals surface area contributed by atoms with Crippen molar-refractivity contribution in [2.24, 2.45) is 5.92 Å². The molecule has 2 amide bonds. The molecule has 1 atom stereocenters. The molecule has 0 aliphatic carbocycles. The molecule has 3 rings (SSSR count). The van der Waals surface area contributed by atoms with E-state index >= 15 is 0 Å². The van der Waals surface area contributed by atoms with Crippen molar-refractivity contribution >= 4 is 22.5 Å². The number of fused-ring (bicyclic) bond motifs is 1. The molecule has 0 radical (unpaired) electrons. The van der Waals surface area contributed by atoms with Gasteiger partial charge < -0.3 is 15.2 Å². The number of aromatic amines is 1. The number of rotatable bonds is 5. The molecule has 0 unspecified atom stereocenters. The van der Waals surface area contributed by atoms with E-state index in [0.29, 0.717) is 23.9 Å². The van der Waals surface area contributed by atoms with Crippen LogP contribution < -0.4 is 10.9 Å². The molecule has 0 bridgehead atoms. The van der Waals surface area contributed by atoms with Crippen LogP contribution in [-0.4, -0.2) is 22.5 Å². The Labute approximate surface area is 171 Å². The molecular formula is C22H22F3N3O2. The quantitative estimate of drug-likeness (QED) is 0.600. The summed E-state index contributed by atoms with van der Waals surface area (Å²) >= 11 is 0. The molecule has 30 heavy (non-hydrogen) atoms. The van der Waals surface area contributed by atoms with E-state index < -0.39 is 35.1 Å². The van der Waals surface area contributed by atoms with Gasteiger partial charge in [0.2, 0.25) is 0 Å². The minimum Gasteiger partial charge on any atom is -0.328 e. The van der Waals surface area contributed by atoms with E-state index in [-0.39, 0.29) is 16.7 Å². The van der Waals surface area contributed by atoms with Gasteiger partial charge in [0.15, 0.2) is 0 Å². The minimum atomic E-state index is -0.966. The zero-order chi connectivity index (χ0) is 22.0. The second kappa shape index (κ2) is 8.61. The van der Waals surface area contributed by atoms with Crippen molar-refractivity contribution in [3.63, 3.8) is 0 Å². The summed E-state index contributed by atoms with van der Waals surface area (Å²) in [4.78, 5) is 29.1. The lowest BCUT2D eigenvalue weighted by Crippen LogP contribution is -2.39. The molecule has 0 aliphatic heterocycles. The van der Waals surface area contributed by atoms with Crippen LogP contribution >= 0.6 is 0 Å². The smallest absolute Gasteiger partial charge is 0.322 e. The topological polar surface area (TPSA) is 65.2 Å². The Hall–Kier alpha value is -3.29. The van der Waals surface area contributed by atoms with E-state index in [4.69, 9.17) is 0 Å². The fourth-order valence-electron chi connectivity index (χ4n) is 3.38. The second-order valence-electron chi connectivity index (χ2n) is 7.54. The molecule has 0 fully saturated rings. The van der Waals surface area contributed by atoms with Gasteiger partial charge in [0.1, 0.15) is 17.5 Å². The number of hydrogen-bond donors (Lipinski definition) is 2. The Balaban J connectivity index is 2.02. The number of H-pyrrole nitrogens is 1. The van der Waals surface area contributed by atoms with Gasteiger partial charge in [-0.25, -0.2) is 18.0 Å². The highest BCUT2D eigenvalue weighted by Crippen LogP contribution is 2.29. The highest BCUT2D eigenvalue weighted by atomic mass is 19.1. The van der Waals surface area contributed by atoms with Gasteiger partial charge in [-0.15, -0.1) is 0 Å². The summed E-state index contributed by atoms with van der Waals surface area (Å²) in [6, 6.07) is 5.99. The summed E-state index contributed by atoms with van der Waals surface area (Å²) < 4.78 is 41.3. The predicted octanol–water partition coefficient (Wildman–Crippen LogP) is 5.20. The lowest BCUT2D eigenvalue weighted by atomic mass is 10.00. The number of hydrogen-bond acceptors (Lipinski definition) is 2. The first-order chi connectivity index (χ1) is 14.2. The number of carbonyl (C=O) groups is 1. The Morgan fingerprint density at radius 1 is 1.07 bits per heavy atom. The standard InChI is InChI=1S/C22H22F3N3O2/c1-12(2)11-28(22(30)27-16-6-4-14(23)5-7-16)13(3)18-10-26-21(29)20-17(18)8-15(24)9-19(20)25/h4-10,12-13H,11H2,1-3H3,(H,26,29)(H,27,30)/t13-/m1/s1. The van der Waals surface area contributed by atoms with Gasteiger partial charge in [0, 0.05) is 24.5 Å². The molecule has 0 saturated heterocycles. The Bertz CT molecular complexity index is 1130. The first-order valence-electron chi connectivity index (χ1n) is 9.51. The Morgan fingerprint density at radius 3 is 2.37 bits per heavy atom. The van der Waals surface area contributed by atoms with Crippen LogP contribution in [0.4, 0.5) is 23.7 Å². The van der Waals surface area contributed by atoms with Crippen LogP contribution in [0.2, 0.25) is 0 Å². The van der Waals surface area contributed by atoms with E-state index in [0.717, 1.165) is 6.07 Å². The normalized spacial score (nSPS) is 12.2. The number of halogens is 3. The van der Waals surface area contributed by atoms with E-state index in [1.54, 1.807) is 6.92 Å². The maximum atomic E-state index is 14.3. The number of amides is 2. The van der Waals surface area contributed by atoms with Gasteiger partial charge in [0.25, 0.3) is 5.56 Å². The fraction of sp³-hybridized carbons (Fsp3) is 0.273. The number of anilines is 1. The van der Waals surface area contributed by atoms with Crippen LogP contribution in [0.1, 0.15) is 32.4 Å². The van der Waals surface area contributed by atoms with Gasteiger partial charge in [-0.05, 0) is 54.1 Å². The largest absolute Gasteiger partial charge is 0.328 e. The fourth-order valence-corrected chi connectivity index (χ4v) is 3.38. The van der Waals surface area contributed by atoms with Crippen LogP contribution in [0.3, 0.4) is 0 Å². The highest BCUT2D eigenvalue weighted by Gasteiger charge is 2.25. The molecule has 8 heteroatoms. The van der Waals surface area contributed by atoms with Crippen LogP contribution in [0, 0.1) is 23.4 Å². The molecule has 1 aromatic heterocycles. The zero-order valence-corrected chi connectivity index (χ0v) is 16.8. The van der Waals surface area contributed by atoms with Crippen molar-refractivity contribution in [3.05, 3.63) is 76.0 Å². The molecule has 5 nitrogen and oxygen atoms in total. The molecule has 0 aliphatic rings. The molecule has 158 valence electrons. The molecule has 3 aromatic rings. The number of urea groups is 1. The minimum absolute atomic E-state index is 0.0916. The summed E-state index contributed by atoms with van der Waals surface area (Å²) in [7, 11) is 0. The monoisotopic (exact) mass is 417 g/mol. The van der Waals surface area contributed by atoms with Crippen molar-refractivity contribution in [2.45, 2.75) is 26.8 Å². The SMILES string of the molecule is CC(C)CN(C(=O)Nc1ccc(F)cc1)[C@H](C)c1c[nH]c(=O)c2c(F)cc(F)cc12. The number of nitrogens with one attached hydrogen (secondary N) is 2. The van der Waals surface area contributed by atoms with Crippen molar-refractivity contribution in [1.82, 2.24) is 9.88 Å². The van der Waals surface area contributed by atoms with E-state index in [1.807, 2.05) is 13.8 Å². The third-order valence-corrected chi connectivity index (χ3v) is 4.79. The first kappa shape index (κ1) is 21.4. The van der Waals surface area contributed by atoms with Crippen molar-refractivity contribution in [3.8, 4) is 0 Å². The average Bonchev–Trinajstić information content (AvgIpc) is 2.67. The average molecular weight is 417 g/mol.